The highest BCUT2D eigenvalue weighted by Gasteiger charge is 2.41. The molecule has 0 amide bonds. The molecule has 1 saturated carbocycles. The predicted octanol–water partition coefficient (Wildman–Crippen LogP) is 8.32. The Hall–Kier alpha value is -2.86. The van der Waals surface area contributed by atoms with Crippen molar-refractivity contribution in [3.8, 4) is 0 Å². The van der Waals surface area contributed by atoms with Crippen LogP contribution < -0.4 is 0 Å². The Kier molecular flexibility index (Phi) is 6.04. The second-order valence-corrected chi connectivity index (χ2v) is 8.66. The molecule has 0 radical (unpaired) electrons. The van der Waals surface area contributed by atoms with Crippen LogP contribution in [-0.2, 0) is 0 Å². The lowest BCUT2D eigenvalue weighted by molar-refractivity contribution is 0.555. The normalized spacial score (nSPS) is 24.6. The van der Waals surface area contributed by atoms with E-state index in [2.05, 4.69) is 99.9 Å². The van der Waals surface area contributed by atoms with Crippen LogP contribution in [0.5, 0.6) is 0 Å². The summed E-state index contributed by atoms with van der Waals surface area (Å²) in [6.45, 7) is 13.6. The number of hydrogen-bond donors (Lipinski definition) is 0. The third-order valence-corrected chi connectivity index (χ3v) is 6.57. The molecule has 0 saturated heterocycles. The summed E-state index contributed by atoms with van der Waals surface area (Å²) in [4.78, 5) is 0. The Labute approximate surface area is 182 Å². The topological polar surface area (TPSA) is 0 Å². The van der Waals surface area contributed by atoms with Crippen LogP contribution in [0, 0.1) is 11.8 Å². The van der Waals surface area contributed by atoms with Gasteiger partial charge in [-0.1, -0.05) is 116 Å². The van der Waals surface area contributed by atoms with Crippen molar-refractivity contribution >= 4 is 6.08 Å². The summed E-state index contributed by atoms with van der Waals surface area (Å²) < 4.78 is 0. The molecule has 30 heavy (non-hydrogen) atoms. The van der Waals surface area contributed by atoms with Gasteiger partial charge in [-0.3, -0.25) is 0 Å². The maximum Gasteiger partial charge on any atom is 0.0166 e. The van der Waals surface area contributed by atoms with Crippen LogP contribution in [0.15, 0.2) is 119 Å². The maximum absolute atomic E-state index is 4.59. The first kappa shape index (κ1) is 20.4. The van der Waals surface area contributed by atoms with Crippen molar-refractivity contribution in [2.45, 2.75) is 39.5 Å². The molecule has 3 aliphatic rings. The Morgan fingerprint density at radius 3 is 2.63 bits per heavy atom. The SMILES string of the molecule is C=C(CCC)C1=C(C)C=C2C/C(=C/C=C\c3ccccc3)C(=C)C2C1C1=CC=CC1. The van der Waals surface area contributed by atoms with E-state index < -0.39 is 0 Å². The highest BCUT2D eigenvalue weighted by atomic mass is 14.4. The molecule has 0 nitrogen and oxygen atoms in total. The second-order valence-electron chi connectivity index (χ2n) is 8.66. The Balaban J connectivity index is 1.66. The zero-order valence-electron chi connectivity index (χ0n) is 18.3. The minimum atomic E-state index is 0.375. The van der Waals surface area contributed by atoms with E-state index in [0.29, 0.717) is 11.8 Å². The summed E-state index contributed by atoms with van der Waals surface area (Å²) in [6, 6.07) is 10.5. The fourth-order valence-corrected chi connectivity index (χ4v) is 5.23. The highest BCUT2D eigenvalue weighted by molar-refractivity contribution is 5.61. The van der Waals surface area contributed by atoms with Crippen molar-refractivity contribution in [1.82, 2.24) is 0 Å². The summed E-state index contributed by atoms with van der Waals surface area (Å²) in [7, 11) is 0. The molecule has 3 aliphatic carbocycles. The predicted molar refractivity (Wildman–Crippen MR) is 131 cm³/mol. The van der Waals surface area contributed by atoms with E-state index in [4.69, 9.17) is 0 Å². The summed E-state index contributed by atoms with van der Waals surface area (Å²) in [5.41, 5.74) is 11.1. The van der Waals surface area contributed by atoms with Crippen molar-refractivity contribution in [2.75, 3.05) is 0 Å². The fraction of sp³-hybridized carbons (Fsp3) is 0.267. The maximum atomic E-state index is 4.59. The Morgan fingerprint density at radius 2 is 1.93 bits per heavy atom. The molecule has 152 valence electrons. The van der Waals surface area contributed by atoms with Crippen molar-refractivity contribution in [1.29, 1.82) is 0 Å². The molecule has 4 rings (SSSR count). The lowest BCUT2D eigenvalue weighted by Crippen LogP contribution is -2.24. The van der Waals surface area contributed by atoms with Crippen LogP contribution >= 0.6 is 0 Å². The zero-order valence-corrected chi connectivity index (χ0v) is 18.3. The molecule has 2 atom stereocenters. The van der Waals surface area contributed by atoms with Crippen LogP contribution in [0.2, 0.25) is 0 Å². The first-order valence-corrected chi connectivity index (χ1v) is 11.2. The van der Waals surface area contributed by atoms with Crippen molar-refractivity contribution < 1.29 is 0 Å². The summed E-state index contributed by atoms with van der Waals surface area (Å²) in [5, 5.41) is 0. The van der Waals surface area contributed by atoms with Gasteiger partial charge in [-0.2, -0.15) is 0 Å². The van der Waals surface area contributed by atoms with Gasteiger partial charge in [0, 0.05) is 11.8 Å². The van der Waals surface area contributed by atoms with Gasteiger partial charge in [0.25, 0.3) is 0 Å². The zero-order chi connectivity index (χ0) is 21.1. The molecular weight excluding hydrogens is 360 g/mol. The van der Waals surface area contributed by atoms with E-state index in [9.17, 15) is 0 Å². The van der Waals surface area contributed by atoms with Crippen molar-refractivity contribution in [2.24, 2.45) is 11.8 Å². The van der Waals surface area contributed by atoms with E-state index in [-0.39, 0.29) is 0 Å². The van der Waals surface area contributed by atoms with Gasteiger partial charge in [0.2, 0.25) is 0 Å². The van der Waals surface area contributed by atoms with E-state index in [1.54, 1.807) is 0 Å². The van der Waals surface area contributed by atoms with Crippen molar-refractivity contribution in [3.63, 3.8) is 0 Å². The molecule has 0 spiro atoms. The number of rotatable bonds is 6. The molecule has 0 bridgehead atoms. The molecule has 0 heterocycles. The first-order valence-electron chi connectivity index (χ1n) is 11.2. The molecule has 0 heteroatoms. The van der Waals surface area contributed by atoms with Crippen molar-refractivity contribution in [3.05, 3.63) is 125 Å². The van der Waals surface area contributed by atoms with Crippen LogP contribution in [-0.4, -0.2) is 0 Å². The fourth-order valence-electron chi connectivity index (χ4n) is 5.23. The van der Waals surface area contributed by atoms with Gasteiger partial charge in [0.1, 0.15) is 0 Å². The average Bonchev–Trinajstić information content (AvgIpc) is 3.37. The lowest BCUT2D eigenvalue weighted by atomic mass is 9.68. The van der Waals surface area contributed by atoms with E-state index in [0.717, 1.165) is 25.7 Å². The largest absolute Gasteiger partial charge is 0.0955 e. The number of hydrogen-bond acceptors (Lipinski definition) is 0. The van der Waals surface area contributed by atoms with Gasteiger partial charge >= 0.3 is 0 Å². The third-order valence-electron chi connectivity index (χ3n) is 6.57. The van der Waals surface area contributed by atoms with Crippen LogP contribution in [0.25, 0.3) is 6.08 Å². The highest BCUT2D eigenvalue weighted by Crippen LogP contribution is 2.54. The quantitative estimate of drug-likeness (QED) is 0.456. The average molecular weight is 393 g/mol. The van der Waals surface area contributed by atoms with E-state index >= 15 is 0 Å². The lowest BCUT2D eigenvalue weighted by Gasteiger charge is -2.35. The smallest absolute Gasteiger partial charge is 0.0166 e. The Morgan fingerprint density at radius 1 is 1.13 bits per heavy atom. The third kappa shape index (κ3) is 3.92. The molecule has 2 unspecified atom stereocenters. The monoisotopic (exact) mass is 392 g/mol. The molecule has 1 fully saturated rings. The molecular formula is C30H32. The summed E-state index contributed by atoms with van der Waals surface area (Å²) >= 11 is 0. The number of fused-ring (bicyclic) bond motifs is 1. The van der Waals surface area contributed by atoms with E-state index in [1.807, 2.05) is 0 Å². The van der Waals surface area contributed by atoms with Gasteiger partial charge in [-0.25, -0.2) is 0 Å². The second kappa shape index (κ2) is 8.88. The minimum Gasteiger partial charge on any atom is -0.0955 e. The van der Waals surface area contributed by atoms with Crippen LogP contribution in [0.4, 0.5) is 0 Å². The molecule has 1 aromatic rings. The first-order chi connectivity index (χ1) is 14.6. The number of allylic oxidation sites excluding steroid dienone is 13. The minimum absolute atomic E-state index is 0.375. The van der Waals surface area contributed by atoms with Gasteiger partial charge in [-0.15, -0.1) is 0 Å². The summed E-state index contributed by atoms with van der Waals surface area (Å²) in [6.07, 6.45) is 20.1. The Bertz CT molecular complexity index is 1030. The van der Waals surface area contributed by atoms with E-state index in [1.165, 1.54) is 44.6 Å². The van der Waals surface area contributed by atoms with Gasteiger partial charge in [-0.05, 0) is 54.0 Å². The van der Waals surface area contributed by atoms with Gasteiger partial charge in [0.05, 0.1) is 0 Å². The molecule has 0 aliphatic heterocycles. The van der Waals surface area contributed by atoms with Gasteiger partial charge < -0.3 is 0 Å². The van der Waals surface area contributed by atoms with Gasteiger partial charge in [0.15, 0.2) is 0 Å². The molecule has 1 aromatic carbocycles. The summed E-state index contributed by atoms with van der Waals surface area (Å²) in [5.74, 6) is 0.760. The molecule has 0 aromatic heterocycles. The standard InChI is InChI=1S/C30H32/c1-5-12-21(2)28-22(3)19-27-20-26(18-11-15-24-13-7-6-8-14-24)23(4)29(27)30(28)25-16-9-10-17-25/h6-11,13-16,18-19,29-30H,2,4-5,12,17,20H2,1,3H3/b15-11-,26-18-. The number of benzene rings is 1. The molecule has 0 N–H and O–H groups in total. The van der Waals surface area contributed by atoms with Crippen LogP contribution in [0.3, 0.4) is 0 Å². The van der Waals surface area contributed by atoms with Crippen LogP contribution in [0.1, 0.15) is 45.1 Å².